The number of carbonyl (C=O) groups excluding carboxylic acids is 2. The Kier molecular flexibility index (Phi) is 9.16. The highest BCUT2D eigenvalue weighted by atomic mass is 79.9. The summed E-state index contributed by atoms with van der Waals surface area (Å²) in [5.41, 5.74) is 0.684. The molecule has 0 bridgehead atoms. The van der Waals surface area contributed by atoms with Crippen molar-refractivity contribution in [3.05, 3.63) is 34.3 Å². The van der Waals surface area contributed by atoms with Crippen LogP contribution in [0.2, 0.25) is 0 Å². The standard InChI is InChI=1S/C21H30BrNO3/c1-2-3-4-5-6-7-15-26-21(25)17-11-13-23(14-12-17)20(24)18-9-8-10-19(22)16-18/h8-10,16-17H,2-7,11-15H2,1H3. The second-order valence-electron chi connectivity index (χ2n) is 7.01. The number of unbranched alkanes of at least 4 members (excludes halogenated alkanes) is 5. The van der Waals surface area contributed by atoms with E-state index < -0.39 is 0 Å². The zero-order valence-corrected chi connectivity index (χ0v) is 17.3. The molecule has 0 spiro atoms. The van der Waals surface area contributed by atoms with E-state index >= 15 is 0 Å². The van der Waals surface area contributed by atoms with Gasteiger partial charge in [-0.3, -0.25) is 9.59 Å². The summed E-state index contributed by atoms with van der Waals surface area (Å²) in [4.78, 5) is 26.6. The molecular weight excluding hydrogens is 394 g/mol. The molecule has 0 N–H and O–H groups in total. The first-order valence-electron chi connectivity index (χ1n) is 9.83. The van der Waals surface area contributed by atoms with Crippen molar-refractivity contribution in [2.24, 2.45) is 5.92 Å². The van der Waals surface area contributed by atoms with Crippen LogP contribution in [-0.4, -0.2) is 36.5 Å². The quantitative estimate of drug-likeness (QED) is 0.404. The Hall–Kier alpha value is -1.36. The van der Waals surface area contributed by atoms with Gasteiger partial charge in [-0.15, -0.1) is 0 Å². The lowest BCUT2D eigenvalue weighted by atomic mass is 9.96. The fourth-order valence-corrected chi connectivity index (χ4v) is 3.69. The van der Waals surface area contributed by atoms with Gasteiger partial charge in [-0.05, 0) is 37.5 Å². The molecule has 1 aliphatic rings. The van der Waals surface area contributed by atoms with Crippen LogP contribution in [0.4, 0.5) is 0 Å². The van der Waals surface area contributed by atoms with E-state index in [0.29, 0.717) is 38.1 Å². The van der Waals surface area contributed by atoms with Crippen LogP contribution in [0.25, 0.3) is 0 Å². The first-order chi connectivity index (χ1) is 12.6. The minimum atomic E-state index is -0.0897. The monoisotopic (exact) mass is 423 g/mol. The van der Waals surface area contributed by atoms with Crippen molar-refractivity contribution >= 4 is 27.8 Å². The van der Waals surface area contributed by atoms with Crippen LogP contribution in [0.3, 0.4) is 0 Å². The molecule has 0 aromatic heterocycles. The number of ether oxygens (including phenoxy) is 1. The van der Waals surface area contributed by atoms with E-state index in [1.54, 1.807) is 0 Å². The summed E-state index contributed by atoms with van der Waals surface area (Å²) in [5.74, 6) is -0.125. The van der Waals surface area contributed by atoms with Crippen LogP contribution in [0.15, 0.2) is 28.7 Å². The van der Waals surface area contributed by atoms with Gasteiger partial charge in [-0.2, -0.15) is 0 Å². The summed E-state index contributed by atoms with van der Waals surface area (Å²) in [5, 5.41) is 0. The zero-order valence-electron chi connectivity index (χ0n) is 15.7. The van der Waals surface area contributed by atoms with Crippen LogP contribution in [0, 0.1) is 5.92 Å². The van der Waals surface area contributed by atoms with E-state index in [2.05, 4.69) is 22.9 Å². The molecule has 0 aliphatic carbocycles. The highest BCUT2D eigenvalue weighted by molar-refractivity contribution is 9.10. The molecule has 1 aliphatic heterocycles. The summed E-state index contributed by atoms with van der Waals surface area (Å²) in [6.07, 6.45) is 8.50. The van der Waals surface area contributed by atoms with Gasteiger partial charge < -0.3 is 9.64 Å². The zero-order chi connectivity index (χ0) is 18.8. The van der Waals surface area contributed by atoms with Gasteiger partial charge in [-0.25, -0.2) is 0 Å². The van der Waals surface area contributed by atoms with Gasteiger partial charge in [0.25, 0.3) is 5.91 Å². The fourth-order valence-electron chi connectivity index (χ4n) is 3.30. The largest absolute Gasteiger partial charge is 0.465 e. The molecule has 0 unspecified atom stereocenters. The number of halogens is 1. The maximum Gasteiger partial charge on any atom is 0.309 e. The maximum absolute atomic E-state index is 12.5. The summed E-state index contributed by atoms with van der Waals surface area (Å²) in [7, 11) is 0. The SMILES string of the molecule is CCCCCCCCOC(=O)C1CCN(C(=O)c2cccc(Br)c2)CC1. The van der Waals surface area contributed by atoms with Gasteiger partial charge in [0.2, 0.25) is 0 Å². The molecule has 1 amide bonds. The molecule has 1 saturated heterocycles. The predicted octanol–water partition coefficient (Wildman–Crippen LogP) is 5.21. The minimum Gasteiger partial charge on any atom is -0.465 e. The van der Waals surface area contributed by atoms with Gasteiger partial charge in [-0.1, -0.05) is 61.0 Å². The molecule has 4 nitrogen and oxygen atoms in total. The minimum absolute atomic E-state index is 0.0326. The van der Waals surface area contributed by atoms with Crippen molar-refractivity contribution < 1.29 is 14.3 Å². The van der Waals surface area contributed by atoms with Crippen LogP contribution < -0.4 is 0 Å². The number of piperidine rings is 1. The van der Waals surface area contributed by atoms with E-state index in [4.69, 9.17) is 4.74 Å². The Morgan fingerprint density at radius 2 is 1.81 bits per heavy atom. The van der Waals surface area contributed by atoms with E-state index in [1.165, 1.54) is 25.7 Å². The number of rotatable bonds is 9. The van der Waals surface area contributed by atoms with E-state index in [9.17, 15) is 9.59 Å². The first-order valence-corrected chi connectivity index (χ1v) is 10.6. The Balaban J connectivity index is 1.66. The average Bonchev–Trinajstić information content (AvgIpc) is 2.66. The summed E-state index contributed by atoms with van der Waals surface area (Å²) >= 11 is 3.40. The second-order valence-corrected chi connectivity index (χ2v) is 7.93. The van der Waals surface area contributed by atoms with Gasteiger partial charge in [0.05, 0.1) is 12.5 Å². The number of hydrogen-bond acceptors (Lipinski definition) is 3. The number of benzene rings is 1. The van der Waals surface area contributed by atoms with Gasteiger partial charge in [0.1, 0.15) is 0 Å². The maximum atomic E-state index is 12.5. The number of nitrogens with zero attached hydrogens (tertiary/aromatic N) is 1. The summed E-state index contributed by atoms with van der Waals surface area (Å²) in [6.45, 7) is 3.96. The van der Waals surface area contributed by atoms with Crippen molar-refractivity contribution in [2.75, 3.05) is 19.7 Å². The number of hydrogen-bond donors (Lipinski definition) is 0. The molecule has 0 radical (unpaired) electrons. The van der Waals surface area contributed by atoms with Gasteiger partial charge in [0.15, 0.2) is 0 Å². The van der Waals surface area contributed by atoms with Crippen molar-refractivity contribution in [3.8, 4) is 0 Å². The molecule has 1 aromatic rings. The van der Waals surface area contributed by atoms with Crippen molar-refractivity contribution in [1.29, 1.82) is 0 Å². The normalized spacial score (nSPS) is 15.1. The predicted molar refractivity (Wildman–Crippen MR) is 107 cm³/mol. The van der Waals surface area contributed by atoms with Crippen molar-refractivity contribution in [3.63, 3.8) is 0 Å². The summed E-state index contributed by atoms with van der Waals surface area (Å²) < 4.78 is 6.34. The van der Waals surface area contributed by atoms with Crippen molar-refractivity contribution in [2.45, 2.75) is 58.3 Å². The fraction of sp³-hybridized carbons (Fsp3) is 0.619. The molecule has 1 aromatic carbocycles. The molecule has 5 heteroatoms. The number of carbonyl (C=O) groups is 2. The molecule has 0 atom stereocenters. The lowest BCUT2D eigenvalue weighted by Crippen LogP contribution is -2.40. The van der Waals surface area contributed by atoms with Crippen LogP contribution in [0.1, 0.15) is 68.6 Å². The third kappa shape index (κ3) is 6.75. The number of likely N-dealkylation sites (tertiary alicyclic amines) is 1. The highest BCUT2D eigenvalue weighted by Crippen LogP contribution is 2.21. The average molecular weight is 424 g/mol. The van der Waals surface area contributed by atoms with E-state index in [-0.39, 0.29) is 17.8 Å². The van der Waals surface area contributed by atoms with Gasteiger partial charge >= 0.3 is 5.97 Å². The van der Waals surface area contributed by atoms with Crippen LogP contribution in [-0.2, 0) is 9.53 Å². The van der Waals surface area contributed by atoms with Crippen molar-refractivity contribution in [1.82, 2.24) is 4.90 Å². The first kappa shape index (κ1) is 20.9. The Morgan fingerprint density at radius 1 is 1.12 bits per heavy atom. The Labute approximate surface area is 165 Å². The molecular formula is C21H30BrNO3. The third-order valence-electron chi connectivity index (χ3n) is 4.93. The molecule has 1 fully saturated rings. The lowest BCUT2D eigenvalue weighted by molar-refractivity contribution is -0.150. The van der Waals surface area contributed by atoms with E-state index in [1.807, 2.05) is 29.2 Å². The second kappa shape index (κ2) is 11.4. The molecule has 2 rings (SSSR count). The number of amides is 1. The van der Waals surface area contributed by atoms with Gasteiger partial charge in [0, 0.05) is 23.1 Å². The Bertz CT molecular complexity index is 582. The van der Waals surface area contributed by atoms with E-state index in [0.717, 1.165) is 17.3 Å². The molecule has 26 heavy (non-hydrogen) atoms. The molecule has 144 valence electrons. The molecule has 1 heterocycles. The third-order valence-corrected chi connectivity index (χ3v) is 5.42. The van der Waals surface area contributed by atoms with Crippen LogP contribution >= 0.6 is 15.9 Å². The highest BCUT2D eigenvalue weighted by Gasteiger charge is 2.28. The lowest BCUT2D eigenvalue weighted by Gasteiger charge is -2.31. The van der Waals surface area contributed by atoms with Crippen LogP contribution in [0.5, 0.6) is 0 Å². The Morgan fingerprint density at radius 3 is 2.50 bits per heavy atom. The smallest absolute Gasteiger partial charge is 0.309 e. The summed E-state index contributed by atoms with van der Waals surface area (Å²) in [6, 6.07) is 7.43. The number of esters is 1. The molecule has 0 saturated carbocycles. The topological polar surface area (TPSA) is 46.6 Å².